The van der Waals surface area contributed by atoms with Crippen LogP contribution in [0, 0.1) is 0 Å². The zero-order valence-corrected chi connectivity index (χ0v) is 29.7. The van der Waals surface area contributed by atoms with Gasteiger partial charge in [-0.25, -0.2) is 0 Å². The number of aliphatic hydroxyl groups excluding tert-OH is 6. The highest BCUT2D eigenvalue weighted by Gasteiger charge is 2.59. The molecule has 4 fully saturated rings. The molecule has 2 heterocycles. The number of aliphatic hydroxyl groups is 6. The molecule has 2 saturated heterocycles. The van der Waals surface area contributed by atoms with Crippen molar-refractivity contribution >= 4 is 0 Å². The van der Waals surface area contributed by atoms with Gasteiger partial charge in [0, 0.05) is 13.2 Å². The molecule has 0 unspecified atom stereocenters. The molecule has 0 aromatic rings. The summed E-state index contributed by atoms with van der Waals surface area (Å²) in [5.74, 6) is 0. The molecule has 4 aliphatic rings. The van der Waals surface area contributed by atoms with Gasteiger partial charge in [-0.2, -0.15) is 0 Å². The second-order valence-corrected chi connectivity index (χ2v) is 14.0. The lowest BCUT2D eigenvalue weighted by Gasteiger charge is -2.33. The molecule has 0 aromatic heterocycles. The van der Waals surface area contributed by atoms with E-state index in [1.807, 2.05) is 0 Å². The lowest BCUT2D eigenvalue weighted by atomic mass is 9.89. The van der Waals surface area contributed by atoms with E-state index < -0.39 is 36.6 Å². The van der Waals surface area contributed by atoms with E-state index in [4.69, 9.17) is 9.47 Å². The average Bonchev–Trinajstić information content (AvgIpc) is 4.01. The van der Waals surface area contributed by atoms with E-state index in [1.54, 1.807) is 0 Å². The number of fused-ring (bicyclic) bond motifs is 2. The Morgan fingerprint density at radius 2 is 0.729 bits per heavy atom. The van der Waals surface area contributed by atoms with Crippen LogP contribution in [0.2, 0.25) is 0 Å². The molecular formula is C37H75FN2O8. The van der Waals surface area contributed by atoms with Crippen molar-refractivity contribution in [3.8, 4) is 0 Å². The molecule has 2 aliphatic carbocycles. The first-order chi connectivity index (χ1) is 22.7. The summed E-state index contributed by atoms with van der Waals surface area (Å²) in [4.78, 5) is 0. The Morgan fingerprint density at radius 1 is 0.417 bits per heavy atom. The summed E-state index contributed by atoms with van der Waals surface area (Å²) in [7, 11) is 0. The van der Waals surface area contributed by atoms with E-state index in [-0.39, 0.29) is 50.5 Å². The van der Waals surface area contributed by atoms with Gasteiger partial charge >= 0.3 is 0 Å². The van der Waals surface area contributed by atoms with E-state index in [9.17, 15) is 35.0 Å². The van der Waals surface area contributed by atoms with Crippen molar-refractivity contribution in [2.24, 2.45) is 0 Å². The van der Waals surface area contributed by atoms with E-state index >= 15 is 0 Å². The molecule has 48 heavy (non-hydrogen) atoms. The number of hydrogen-bond acceptors (Lipinski definition) is 10. The van der Waals surface area contributed by atoms with Crippen molar-refractivity contribution in [2.75, 3.05) is 19.9 Å². The number of ether oxygens (including phenoxy) is 2. The third-order valence-electron chi connectivity index (χ3n) is 9.95. The van der Waals surface area contributed by atoms with Gasteiger partial charge in [-0.1, -0.05) is 125 Å². The Hall–Kier alpha value is -0.470. The molecule has 11 heteroatoms. The fourth-order valence-electron chi connectivity index (χ4n) is 6.68. The number of nitrogens with one attached hydrogen (secondary N) is 2. The minimum Gasteiger partial charge on any atom is -0.389 e. The van der Waals surface area contributed by atoms with Crippen LogP contribution in [0.1, 0.15) is 144 Å². The van der Waals surface area contributed by atoms with E-state index in [1.165, 1.54) is 77.0 Å². The molecule has 0 spiro atoms. The summed E-state index contributed by atoms with van der Waals surface area (Å²) in [6, 6.07) is -0.247. The number of unbranched alkanes of at least 4 members (excludes halogenated alkanes) is 15. The van der Waals surface area contributed by atoms with Crippen LogP contribution in [0.5, 0.6) is 0 Å². The van der Waals surface area contributed by atoms with E-state index in [2.05, 4.69) is 31.4 Å². The van der Waals surface area contributed by atoms with Crippen molar-refractivity contribution in [3.63, 3.8) is 0 Å². The van der Waals surface area contributed by atoms with Gasteiger partial charge in [-0.3, -0.25) is 4.39 Å². The van der Waals surface area contributed by atoms with Crippen molar-refractivity contribution in [1.29, 1.82) is 0 Å². The fourth-order valence-corrected chi connectivity index (χ4v) is 6.68. The molecule has 2 saturated carbocycles. The normalized spacial score (nSPS) is 34.4. The molecule has 0 radical (unpaired) electrons. The summed E-state index contributed by atoms with van der Waals surface area (Å²) in [5, 5.41) is 64.6. The van der Waals surface area contributed by atoms with Crippen LogP contribution in [0.15, 0.2) is 0 Å². The summed E-state index contributed by atoms with van der Waals surface area (Å²) in [5.41, 5.74) is 0. The third-order valence-corrected chi connectivity index (χ3v) is 9.95. The first-order valence-electron chi connectivity index (χ1n) is 19.1. The predicted molar refractivity (Wildman–Crippen MR) is 190 cm³/mol. The van der Waals surface area contributed by atoms with Gasteiger partial charge in [-0.15, -0.1) is 0 Å². The molecule has 0 aromatic carbocycles. The minimum absolute atomic E-state index is 0. The Morgan fingerprint density at radius 3 is 1.06 bits per heavy atom. The van der Waals surface area contributed by atoms with Crippen LogP contribution >= 0.6 is 0 Å². The Labute approximate surface area is 291 Å². The van der Waals surface area contributed by atoms with Crippen LogP contribution in [-0.4, -0.2) is 124 Å². The average molecular weight is 695 g/mol. The molecule has 2 aliphatic heterocycles. The highest BCUT2D eigenvalue weighted by molar-refractivity contribution is 5.17. The maximum absolute atomic E-state index is 11.5. The number of halogens is 1. The molecule has 288 valence electrons. The second-order valence-electron chi connectivity index (χ2n) is 14.0. The van der Waals surface area contributed by atoms with Crippen LogP contribution in [0.25, 0.3) is 0 Å². The Balaban J connectivity index is 0.000000380. The van der Waals surface area contributed by atoms with Gasteiger partial charge in [-0.05, 0) is 19.3 Å². The predicted octanol–water partition coefficient (Wildman–Crippen LogP) is 4.29. The summed E-state index contributed by atoms with van der Waals surface area (Å²) < 4.78 is 22.9. The third kappa shape index (κ3) is 15.8. The largest absolute Gasteiger partial charge is 0.389 e. The fraction of sp³-hybridized carbons (Fsp3) is 1.00. The maximum atomic E-state index is 11.5. The first kappa shape index (κ1) is 45.6. The quantitative estimate of drug-likeness (QED) is 0.0601. The van der Waals surface area contributed by atoms with Crippen LogP contribution in [-0.2, 0) is 9.47 Å². The first-order valence-corrected chi connectivity index (χ1v) is 19.1. The topological polar surface area (TPSA) is 184 Å². The smallest absolute Gasteiger partial charge is 0.110 e. The monoisotopic (exact) mass is 695 g/mol. The minimum atomic E-state index is -1.11. The van der Waals surface area contributed by atoms with Gasteiger partial charge in [0.1, 0.15) is 36.6 Å². The molecular weight excluding hydrogens is 619 g/mol. The standard InChI is InChI=1S/2C14H27NO4.C8H17F.CH4/c2*1-2-3-4-5-6-7-8-19-14-10-9(15-10)11(16)12(17)13(14)18;1-2-3-4-5-6-7-8-9;/h2*9-18H,2-8H2,1H3;2-8H2,1H3;1H4/t9-,10+,11+,12-,13+,14+;9-,10+,11-,12+,13-,14-;;/m00../s1. The van der Waals surface area contributed by atoms with Gasteiger partial charge in [0.05, 0.1) is 43.0 Å². The summed E-state index contributed by atoms with van der Waals surface area (Å²) in [6.07, 6.45) is 14.6. The second kappa shape index (κ2) is 26.3. The Kier molecular flexibility index (Phi) is 25.0. The van der Waals surface area contributed by atoms with Gasteiger partial charge in [0.2, 0.25) is 0 Å². The van der Waals surface area contributed by atoms with Crippen LogP contribution < -0.4 is 10.6 Å². The van der Waals surface area contributed by atoms with Crippen molar-refractivity contribution in [3.05, 3.63) is 0 Å². The van der Waals surface area contributed by atoms with Crippen LogP contribution in [0.3, 0.4) is 0 Å². The summed E-state index contributed by atoms with van der Waals surface area (Å²) in [6.45, 7) is 7.68. The maximum Gasteiger partial charge on any atom is 0.110 e. The highest BCUT2D eigenvalue weighted by atomic mass is 19.1. The number of alkyl halides is 1. The molecule has 8 N–H and O–H groups in total. The van der Waals surface area contributed by atoms with Crippen LogP contribution in [0.4, 0.5) is 4.39 Å². The number of rotatable bonds is 22. The lowest BCUT2D eigenvalue weighted by Crippen LogP contribution is -2.54. The number of hydrogen-bond donors (Lipinski definition) is 8. The van der Waals surface area contributed by atoms with Crippen molar-refractivity contribution in [1.82, 2.24) is 10.6 Å². The molecule has 4 rings (SSSR count). The van der Waals surface area contributed by atoms with Crippen molar-refractivity contribution in [2.45, 2.75) is 217 Å². The SMILES string of the molecule is C.CCCCCCCCF.CCCCCCCCO[C@@H]1[C@@H](O)[C@H](O)[C@@H](O)[C@H]2N[C@H]21.CCCCCCCCO[C@H]1[C@H](O)[C@@H](O)[C@H](O)[C@H]2N[C@H]21. The van der Waals surface area contributed by atoms with Gasteiger partial charge in [0.25, 0.3) is 0 Å². The molecule has 10 nitrogen and oxygen atoms in total. The Bertz CT molecular complexity index is 713. The van der Waals surface area contributed by atoms with E-state index in [0.29, 0.717) is 13.2 Å². The van der Waals surface area contributed by atoms with Crippen molar-refractivity contribution < 1.29 is 44.5 Å². The van der Waals surface area contributed by atoms with E-state index in [0.717, 1.165) is 38.5 Å². The molecule has 0 amide bonds. The highest BCUT2D eigenvalue weighted by Crippen LogP contribution is 2.33. The lowest BCUT2D eigenvalue weighted by molar-refractivity contribution is -0.140. The van der Waals surface area contributed by atoms with Gasteiger partial charge in [0.15, 0.2) is 0 Å². The summed E-state index contributed by atoms with van der Waals surface area (Å²) >= 11 is 0. The zero-order chi connectivity index (χ0) is 34.6. The molecule has 12 atom stereocenters. The van der Waals surface area contributed by atoms with Gasteiger partial charge < -0.3 is 50.7 Å². The zero-order valence-electron chi connectivity index (χ0n) is 29.7. The molecule has 0 bridgehead atoms.